The van der Waals surface area contributed by atoms with Crippen LogP contribution < -0.4 is 15.2 Å². The monoisotopic (exact) mass is 489 g/mol. The second-order valence-corrected chi connectivity index (χ2v) is 9.43. The van der Waals surface area contributed by atoms with Crippen LogP contribution in [0.5, 0.6) is 11.6 Å². The predicted molar refractivity (Wildman–Crippen MR) is 142 cm³/mol. The van der Waals surface area contributed by atoms with E-state index in [0.29, 0.717) is 29.3 Å². The number of anilines is 1. The zero-order chi connectivity index (χ0) is 24.7. The highest BCUT2D eigenvalue weighted by Crippen LogP contribution is 2.41. The maximum Gasteiger partial charge on any atom is 0.266 e. The minimum Gasteiger partial charge on any atom is -0.494 e. The predicted octanol–water partition coefficient (Wildman–Crippen LogP) is 5.93. The molecule has 2 aromatic rings. The fourth-order valence-corrected chi connectivity index (χ4v) is 5.70. The summed E-state index contributed by atoms with van der Waals surface area (Å²) in [5.74, 6) is 2.09. The minimum atomic E-state index is -0.237. The van der Waals surface area contributed by atoms with Gasteiger partial charge in [-0.3, -0.25) is 13.9 Å². The first kappa shape index (κ1) is 23.4. The molecule has 0 fully saturated rings. The number of aromatic nitrogens is 2. The molecule has 2 heterocycles. The Labute approximate surface area is 210 Å². The Kier molecular flexibility index (Phi) is 6.28. The Hall–Kier alpha value is -3.32. The quantitative estimate of drug-likeness (QED) is 0.527. The normalized spacial score (nSPS) is 20.1. The summed E-state index contributed by atoms with van der Waals surface area (Å²) in [7, 11) is 0. The maximum absolute atomic E-state index is 13.2. The lowest BCUT2D eigenvalue weighted by atomic mass is 9.78. The number of rotatable bonds is 5. The van der Waals surface area contributed by atoms with Crippen molar-refractivity contribution in [3.63, 3.8) is 0 Å². The molecule has 0 bridgehead atoms. The van der Waals surface area contributed by atoms with Gasteiger partial charge in [-0.1, -0.05) is 30.4 Å². The van der Waals surface area contributed by atoms with Crippen molar-refractivity contribution in [3.05, 3.63) is 86.3 Å². The maximum atomic E-state index is 13.2. The number of para-hydroxylation sites is 2. The van der Waals surface area contributed by atoms with E-state index in [1.807, 2.05) is 32.0 Å². The first-order valence-electron chi connectivity index (χ1n) is 12.4. The van der Waals surface area contributed by atoms with Crippen LogP contribution >= 0.6 is 12.2 Å². The van der Waals surface area contributed by atoms with Crippen LogP contribution in [0, 0.1) is 10.7 Å². The topological polar surface area (TPSA) is 59.6 Å². The summed E-state index contributed by atoms with van der Waals surface area (Å²) in [4.78, 5) is 15.4. The van der Waals surface area contributed by atoms with Gasteiger partial charge in [0.1, 0.15) is 5.56 Å². The number of allylic oxidation sites excluding steroid dienone is 7. The molecule has 1 aromatic carbocycles. The Bertz CT molecular complexity index is 1420. The van der Waals surface area contributed by atoms with E-state index < -0.39 is 0 Å². The molecular formula is C28H31N3O3S. The highest BCUT2D eigenvalue weighted by molar-refractivity contribution is 7.71. The smallest absolute Gasteiger partial charge is 0.266 e. The summed E-state index contributed by atoms with van der Waals surface area (Å²) >= 11 is 5.45. The molecule has 182 valence electrons. The van der Waals surface area contributed by atoms with Gasteiger partial charge in [0, 0.05) is 25.7 Å². The molecule has 0 saturated heterocycles. The molecule has 0 spiro atoms. The van der Waals surface area contributed by atoms with Crippen molar-refractivity contribution in [2.24, 2.45) is 5.92 Å². The molecule has 1 aromatic heterocycles. The number of aromatic hydroxyl groups is 1. The molecule has 5 rings (SSSR count). The van der Waals surface area contributed by atoms with Gasteiger partial charge in [-0.2, -0.15) is 0 Å². The van der Waals surface area contributed by atoms with Gasteiger partial charge in [0.2, 0.25) is 11.8 Å². The molecule has 2 aliphatic carbocycles. The summed E-state index contributed by atoms with van der Waals surface area (Å²) in [5.41, 5.74) is 4.34. The molecule has 7 heteroatoms. The first-order chi connectivity index (χ1) is 17.0. The molecule has 1 N–H and O–H groups in total. The van der Waals surface area contributed by atoms with Gasteiger partial charge in [-0.05, 0) is 87.0 Å². The van der Waals surface area contributed by atoms with Gasteiger partial charge in [0.25, 0.3) is 5.56 Å². The summed E-state index contributed by atoms with van der Waals surface area (Å²) in [6.07, 6.45) is 11.4. The van der Waals surface area contributed by atoms with E-state index in [0.717, 1.165) is 48.7 Å². The SMILES string of the molecule is CCN1C(=CC2=CC3=CC(c4c(O)n(CC)c(=S)n(CC)c4=O)=CCC3CC2)Oc2ccccc21. The molecule has 6 nitrogen and oxygen atoms in total. The van der Waals surface area contributed by atoms with Gasteiger partial charge in [0.15, 0.2) is 10.5 Å². The molecule has 0 radical (unpaired) electrons. The Balaban J connectivity index is 1.53. The zero-order valence-corrected chi connectivity index (χ0v) is 21.3. The van der Waals surface area contributed by atoms with Crippen LogP contribution in [0.2, 0.25) is 0 Å². The van der Waals surface area contributed by atoms with Gasteiger partial charge in [0.05, 0.1) is 5.69 Å². The molecule has 35 heavy (non-hydrogen) atoms. The average Bonchev–Trinajstić information content (AvgIpc) is 3.21. The Morgan fingerprint density at radius 1 is 1.11 bits per heavy atom. The van der Waals surface area contributed by atoms with Crippen molar-refractivity contribution in [2.45, 2.75) is 53.1 Å². The Morgan fingerprint density at radius 2 is 1.89 bits per heavy atom. The zero-order valence-electron chi connectivity index (χ0n) is 20.5. The molecule has 0 amide bonds. The average molecular weight is 490 g/mol. The number of nitrogens with zero attached hydrogens (tertiary/aromatic N) is 3. The van der Waals surface area contributed by atoms with Crippen LogP contribution in [0.4, 0.5) is 5.69 Å². The number of hydrogen-bond acceptors (Lipinski definition) is 5. The molecule has 3 aliphatic rings. The third-order valence-electron chi connectivity index (χ3n) is 7.13. The van der Waals surface area contributed by atoms with E-state index in [1.165, 1.54) is 11.1 Å². The molecule has 1 aliphatic heterocycles. The highest BCUT2D eigenvalue weighted by atomic mass is 32.1. The largest absolute Gasteiger partial charge is 0.494 e. The standard InChI is InChI=1S/C28H31N3O3S/c1-4-29-22-9-7-8-10-23(22)34-24(29)16-18-11-12-19-13-14-20(17-21(19)15-18)25-26(32)30(5-2)28(35)31(6-3)27(25)33/h7-10,14-17,19,32H,4-6,11-13H2,1-3H3. The molecule has 1 unspecified atom stereocenters. The van der Waals surface area contributed by atoms with Gasteiger partial charge >= 0.3 is 0 Å². The van der Waals surface area contributed by atoms with E-state index in [4.69, 9.17) is 17.0 Å². The fraction of sp³-hybridized carbons (Fsp3) is 0.357. The van der Waals surface area contributed by atoms with Crippen LogP contribution in [-0.2, 0) is 13.1 Å². The number of fused-ring (bicyclic) bond motifs is 2. The van der Waals surface area contributed by atoms with E-state index in [9.17, 15) is 9.90 Å². The van der Waals surface area contributed by atoms with Gasteiger partial charge < -0.3 is 14.7 Å². The lowest BCUT2D eigenvalue weighted by molar-refractivity contribution is 0.398. The second kappa shape index (κ2) is 9.38. The third kappa shape index (κ3) is 3.97. The second-order valence-electron chi connectivity index (χ2n) is 9.07. The van der Waals surface area contributed by atoms with E-state index in [1.54, 1.807) is 9.13 Å². The van der Waals surface area contributed by atoms with E-state index in [2.05, 4.69) is 42.2 Å². The summed E-state index contributed by atoms with van der Waals surface area (Å²) in [6, 6.07) is 8.10. The van der Waals surface area contributed by atoms with Gasteiger partial charge in [-0.25, -0.2) is 0 Å². The van der Waals surface area contributed by atoms with Crippen LogP contribution in [0.25, 0.3) is 5.57 Å². The lowest BCUT2D eigenvalue weighted by Gasteiger charge is -2.27. The third-order valence-corrected chi connectivity index (χ3v) is 7.57. The minimum absolute atomic E-state index is 0.0495. The first-order valence-corrected chi connectivity index (χ1v) is 12.8. The van der Waals surface area contributed by atoms with Gasteiger partial charge in [-0.15, -0.1) is 0 Å². The van der Waals surface area contributed by atoms with Crippen LogP contribution in [0.15, 0.2) is 70.4 Å². The van der Waals surface area contributed by atoms with E-state index in [-0.39, 0.29) is 11.4 Å². The van der Waals surface area contributed by atoms with Crippen molar-refractivity contribution >= 4 is 23.5 Å². The fourth-order valence-electron chi connectivity index (χ4n) is 5.27. The summed E-state index contributed by atoms with van der Waals surface area (Å²) in [5, 5.41) is 11.0. The number of benzene rings is 1. The van der Waals surface area contributed by atoms with Crippen molar-refractivity contribution in [1.82, 2.24) is 9.13 Å². The highest BCUT2D eigenvalue weighted by Gasteiger charge is 2.28. The van der Waals surface area contributed by atoms with Crippen molar-refractivity contribution in [2.75, 3.05) is 11.4 Å². The summed E-state index contributed by atoms with van der Waals surface area (Å²) < 4.78 is 9.70. The van der Waals surface area contributed by atoms with Crippen LogP contribution in [-0.4, -0.2) is 20.8 Å². The van der Waals surface area contributed by atoms with Crippen molar-refractivity contribution < 1.29 is 9.84 Å². The van der Waals surface area contributed by atoms with Crippen LogP contribution in [0.1, 0.15) is 45.6 Å². The van der Waals surface area contributed by atoms with Crippen molar-refractivity contribution in [1.29, 1.82) is 0 Å². The molecular weight excluding hydrogens is 458 g/mol. The summed E-state index contributed by atoms with van der Waals surface area (Å²) in [6.45, 7) is 7.73. The molecule has 0 saturated carbocycles. The van der Waals surface area contributed by atoms with Crippen LogP contribution in [0.3, 0.4) is 0 Å². The molecule has 1 atom stereocenters. The Morgan fingerprint density at radius 3 is 2.63 bits per heavy atom. The van der Waals surface area contributed by atoms with Crippen molar-refractivity contribution in [3.8, 4) is 11.6 Å². The number of ether oxygens (including phenoxy) is 1. The number of hydrogen-bond donors (Lipinski definition) is 1. The lowest BCUT2D eigenvalue weighted by Crippen LogP contribution is -2.28. The van der Waals surface area contributed by atoms with E-state index >= 15 is 0 Å².